The van der Waals surface area contributed by atoms with Crippen molar-refractivity contribution in [3.05, 3.63) is 52.3 Å². The molecule has 23 heavy (non-hydrogen) atoms. The van der Waals surface area contributed by atoms with Crippen molar-refractivity contribution >= 4 is 5.91 Å². The summed E-state index contributed by atoms with van der Waals surface area (Å²) in [6, 6.07) is 8.55. The Labute approximate surface area is 137 Å². The number of aromatic nitrogens is 2. The lowest BCUT2D eigenvalue weighted by Gasteiger charge is -2.08. The number of benzene rings is 1. The number of rotatable bonds is 6. The van der Waals surface area contributed by atoms with Crippen LogP contribution in [0.1, 0.15) is 59.1 Å². The van der Waals surface area contributed by atoms with E-state index in [4.69, 9.17) is 0 Å². The smallest absolute Gasteiger partial charge is 0.270 e. The van der Waals surface area contributed by atoms with Gasteiger partial charge in [-0.1, -0.05) is 37.6 Å². The molecule has 0 aliphatic heterocycles. The second-order valence-corrected chi connectivity index (χ2v) is 6.35. The number of unbranched alkanes of at least 4 members (excludes halogenated alkanes) is 1. The van der Waals surface area contributed by atoms with E-state index in [1.54, 1.807) is 4.68 Å². The summed E-state index contributed by atoms with van der Waals surface area (Å²) in [6.45, 7) is 2.77. The van der Waals surface area contributed by atoms with Gasteiger partial charge in [-0.25, -0.2) is 0 Å². The summed E-state index contributed by atoms with van der Waals surface area (Å²) < 4.78 is 1.73. The zero-order valence-corrected chi connectivity index (χ0v) is 14.1. The third-order valence-corrected chi connectivity index (χ3v) is 4.58. The van der Waals surface area contributed by atoms with Gasteiger partial charge in [0.25, 0.3) is 5.91 Å². The largest absolute Gasteiger partial charge is 0.347 e. The molecule has 1 aromatic carbocycles. The number of hydrogen-bond acceptors (Lipinski definition) is 2. The topological polar surface area (TPSA) is 46.9 Å². The summed E-state index contributed by atoms with van der Waals surface area (Å²) in [5.41, 5.74) is 5.47. The molecule has 2 aromatic rings. The highest BCUT2D eigenvalue weighted by Crippen LogP contribution is 2.24. The Bertz CT molecular complexity index is 685. The van der Waals surface area contributed by atoms with Gasteiger partial charge in [0.2, 0.25) is 0 Å². The number of carbonyl (C=O) groups is 1. The maximum atomic E-state index is 12.5. The third-order valence-electron chi connectivity index (χ3n) is 4.58. The molecule has 0 spiro atoms. The fourth-order valence-electron chi connectivity index (χ4n) is 3.27. The number of fused-ring (bicyclic) bond motifs is 1. The molecule has 0 atom stereocenters. The number of hydrogen-bond donors (Lipinski definition) is 1. The second-order valence-electron chi connectivity index (χ2n) is 6.35. The highest BCUT2D eigenvalue weighted by atomic mass is 16.2. The van der Waals surface area contributed by atoms with Gasteiger partial charge >= 0.3 is 0 Å². The van der Waals surface area contributed by atoms with Crippen molar-refractivity contribution < 1.29 is 4.79 Å². The molecule has 0 bridgehead atoms. The van der Waals surface area contributed by atoms with E-state index in [0.29, 0.717) is 6.54 Å². The molecule has 1 heterocycles. The van der Waals surface area contributed by atoms with Crippen LogP contribution >= 0.6 is 0 Å². The average Bonchev–Trinajstić information content (AvgIpc) is 3.11. The Morgan fingerprint density at radius 1 is 1.22 bits per heavy atom. The molecular formula is C19H25N3O. The number of carbonyl (C=O) groups excluding carboxylic acids is 1. The van der Waals surface area contributed by atoms with Crippen LogP contribution < -0.4 is 5.32 Å². The lowest BCUT2D eigenvalue weighted by molar-refractivity contribution is 0.0940. The standard InChI is InChI=1S/C19H25N3O/c1-3-4-6-14-9-11-15(12-10-14)13-20-19(23)18-16-7-5-8-17(16)21-22(18)2/h9-12H,3-8,13H2,1-2H3,(H,20,23). The Balaban J connectivity index is 1.61. The van der Waals surface area contributed by atoms with E-state index in [1.807, 2.05) is 7.05 Å². The molecule has 0 saturated heterocycles. The van der Waals surface area contributed by atoms with E-state index in [0.717, 1.165) is 48.2 Å². The first kappa shape index (κ1) is 15.8. The van der Waals surface area contributed by atoms with Gasteiger partial charge in [-0.15, -0.1) is 0 Å². The molecule has 4 nitrogen and oxygen atoms in total. The fraction of sp³-hybridized carbons (Fsp3) is 0.474. The maximum Gasteiger partial charge on any atom is 0.270 e. The molecule has 1 aliphatic rings. The molecule has 4 heteroatoms. The summed E-state index contributed by atoms with van der Waals surface area (Å²) in [6.07, 6.45) is 6.64. The Morgan fingerprint density at radius 3 is 2.70 bits per heavy atom. The number of nitrogens with zero attached hydrogens (tertiary/aromatic N) is 2. The van der Waals surface area contributed by atoms with Gasteiger partial charge in [0, 0.05) is 19.2 Å². The van der Waals surface area contributed by atoms with Gasteiger partial charge in [-0.05, 0) is 43.2 Å². The van der Waals surface area contributed by atoms with E-state index < -0.39 is 0 Å². The Morgan fingerprint density at radius 2 is 1.96 bits per heavy atom. The van der Waals surface area contributed by atoms with Crippen molar-refractivity contribution in [2.75, 3.05) is 0 Å². The van der Waals surface area contributed by atoms with Gasteiger partial charge in [-0.3, -0.25) is 9.48 Å². The minimum absolute atomic E-state index is 0.0155. The van der Waals surface area contributed by atoms with Crippen LogP contribution in [0.25, 0.3) is 0 Å². The zero-order valence-electron chi connectivity index (χ0n) is 14.1. The van der Waals surface area contributed by atoms with Gasteiger partial charge in [0.15, 0.2) is 0 Å². The maximum absolute atomic E-state index is 12.5. The third kappa shape index (κ3) is 3.46. The number of nitrogens with one attached hydrogen (secondary N) is 1. The van der Waals surface area contributed by atoms with Crippen LogP contribution in [-0.4, -0.2) is 15.7 Å². The average molecular weight is 311 g/mol. The number of amides is 1. The van der Waals surface area contributed by atoms with Gasteiger partial charge in [0.1, 0.15) is 5.69 Å². The monoisotopic (exact) mass is 311 g/mol. The van der Waals surface area contributed by atoms with Crippen molar-refractivity contribution in [3.63, 3.8) is 0 Å². The summed E-state index contributed by atoms with van der Waals surface area (Å²) in [4.78, 5) is 12.5. The molecule has 0 unspecified atom stereocenters. The van der Waals surface area contributed by atoms with Crippen molar-refractivity contribution in [1.29, 1.82) is 0 Å². The van der Waals surface area contributed by atoms with Crippen LogP contribution in [0.15, 0.2) is 24.3 Å². The molecule has 1 N–H and O–H groups in total. The van der Waals surface area contributed by atoms with E-state index in [1.165, 1.54) is 18.4 Å². The summed E-state index contributed by atoms with van der Waals surface area (Å²) in [7, 11) is 1.86. The van der Waals surface area contributed by atoms with Gasteiger partial charge in [0.05, 0.1) is 5.69 Å². The van der Waals surface area contributed by atoms with E-state index in [-0.39, 0.29) is 5.91 Å². The van der Waals surface area contributed by atoms with Crippen LogP contribution in [0.5, 0.6) is 0 Å². The summed E-state index contributed by atoms with van der Waals surface area (Å²) in [5.74, 6) is -0.0155. The number of aryl methyl sites for hydroxylation is 3. The lowest BCUT2D eigenvalue weighted by Crippen LogP contribution is -2.26. The van der Waals surface area contributed by atoms with Crippen molar-refractivity contribution in [2.24, 2.45) is 7.05 Å². The van der Waals surface area contributed by atoms with Crippen molar-refractivity contribution in [2.45, 2.75) is 52.0 Å². The highest BCUT2D eigenvalue weighted by Gasteiger charge is 2.24. The first-order valence-electron chi connectivity index (χ1n) is 8.59. The minimum atomic E-state index is -0.0155. The van der Waals surface area contributed by atoms with Crippen LogP contribution in [0.2, 0.25) is 0 Å². The van der Waals surface area contributed by atoms with Crippen molar-refractivity contribution in [1.82, 2.24) is 15.1 Å². The van der Waals surface area contributed by atoms with Crippen molar-refractivity contribution in [3.8, 4) is 0 Å². The van der Waals surface area contributed by atoms with E-state index in [2.05, 4.69) is 41.6 Å². The first-order valence-corrected chi connectivity index (χ1v) is 8.59. The highest BCUT2D eigenvalue weighted by molar-refractivity contribution is 5.94. The summed E-state index contributed by atoms with van der Waals surface area (Å²) >= 11 is 0. The summed E-state index contributed by atoms with van der Waals surface area (Å²) in [5, 5.41) is 7.50. The lowest BCUT2D eigenvalue weighted by atomic mass is 10.1. The Kier molecular flexibility index (Phi) is 4.79. The molecule has 0 fully saturated rings. The molecule has 0 saturated carbocycles. The van der Waals surface area contributed by atoms with Crippen LogP contribution in [-0.2, 0) is 32.9 Å². The van der Waals surface area contributed by atoms with E-state index in [9.17, 15) is 4.79 Å². The fourth-order valence-corrected chi connectivity index (χ4v) is 3.27. The van der Waals surface area contributed by atoms with Crippen LogP contribution in [0.3, 0.4) is 0 Å². The van der Waals surface area contributed by atoms with Crippen LogP contribution in [0.4, 0.5) is 0 Å². The normalized spacial score (nSPS) is 13.1. The first-order chi connectivity index (χ1) is 11.2. The SMILES string of the molecule is CCCCc1ccc(CNC(=O)c2c3c(nn2C)CCC3)cc1. The zero-order chi connectivity index (χ0) is 16.2. The second kappa shape index (κ2) is 6.99. The predicted octanol–water partition coefficient (Wildman–Crippen LogP) is 3.18. The van der Waals surface area contributed by atoms with Crippen LogP contribution in [0, 0.1) is 0 Å². The quantitative estimate of drug-likeness (QED) is 0.890. The molecule has 1 aliphatic carbocycles. The molecule has 3 rings (SSSR count). The molecule has 122 valence electrons. The minimum Gasteiger partial charge on any atom is -0.347 e. The van der Waals surface area contributed by atoms with E-state index >= 15 is 0 Å². The van der Waals surface area contributed by atoms with Gasteiger partial charge in [-0.2, -0.15) is 5.10 Å². The van der Waals surface area contributed by atoms with Gasteiger partial charge < -0.3 is 5.32 Å². The molecular weight excluding hydrogens is 286 g/mol. The Hall–Kier alpha value is -2.10. The molecule has 0 radical (unpaired) electrons. The molecule has 1 aromatic heterocycles. The predicted molar refractivity (Wildman–Crippen MR) is 91.5 cm³/mol. The molecule has 1 amide bonds.